The summed E-state index contributed by atoms with van der Waals surface area (Å²) < 4.78 is 3.11. The fourth-order valence-electron chi connectivity index (χ4n) is 2.70. The fourth-order valence-corrected chi connectivity index (χ4v) is 2.70. The maximum absolute atomic E-state index is 12.6. The van der Waals surface area contributed by atoms with Gasteiger partial charge >= 0.3 is 0 Å². The number of nitrogens with one attached hydrogen (secondary N) is 2. The topological polar surface area (TPSA) is 93.8 Å². The highest BCUT2D eigenvalue weighted by Gasteiger charge is 2.19. The molecule has 8 nitrogen and oxygen atoms in total. The summed E-state index contributed by atoms with van der Waals surface area (Å²) in [4.78, 5) is 25.1. The van der Waals surface area contributed by atoms with Gasteiger partial charge in [0.15, 0.2) is 0 Å². The van der Waals surface area contributed by atoms with Gasteiger partial charge in [0.05, 0.1) is 18.1 Å². The van der Waals surface area contributed by atoms with E-state index in [0.717, 1.165) is 16.7 Å². The molecular weight excluding hydrogens is 344 g/mol. The number of aromatic nitrogens is 4. The van der Waals surface area contributed by atoms with Gasteiger partial charge in [-0.1, -0.05) is 6.07 Å². The van der Waals surface area contributed by atoms with Crippen molar-refractivity contribution >= 4 is 17.5 Å². The van der Waals surface area contributed by atoms with Gasteiger partial charge in [-0.15, -0.1) is 0 Å². The van der Waals surface area contributed by atoms with Crippen molar-refractivity contribution in [2.45, 2.75) is 20.4 Å². The standard InChI is InChI=1S/C19H22N6O2/c1-12-5-6-15(7-13(12)2)18(26)23-16-10-22-25(4)17(16)19(27)20-8-14-9-21-24(3)11-14/h5-7,9-11H,8H2,1-4H3,(H,20,27)(H,23,26). The Hall–Kier alpha value is -3.42. The molecule has 3 rings (SSSR count). The normalized spacial score (nSPS) is 10.7. The van der Waals surface area contributed by atoms with E-state index in [1.807, 2.05) is 39.2 Å². The van der Waals surface area contributed by atoms with Gasteiger partial charge in [0.2, 0.25) is 0 Å². The first-order chi connectivity index (χ1) is 12.8. The Morgan fingerprint density at radius 2 is 1.81 bits per heavy atom. The fraction of sp³-hybridized carbons (Fsp3) is 0.263. The van der Waals surface area contributed by atoms with Crippen LogP contribution >= 0.6 is 0 Å². The van der Waals surface area contributed by atoms with Crippen molar-refractivity contribution in [3.05, 3.63) is 64.7 Å². The van der Waals surface area contributed by atoms with Crippen LogP contribution in [0.5, 0.6) is 0 Å². The lowest BCUT2D eigenvalue weighted by atomic mass is 10.1. The number of rotatable bonds is 5. The van der Waals surface area contributed by atoms with Gasteiger partial charge in [0.25, 0.3) is 11.8 Å². The van der Waals surface area contributed by atoms with Crippen molar-refractivity contribution in [3.8, 4) is 0 Å². The average molecular weight is 366 g/mol. The molecule has 27 heavy (non-hydrogen) atoms. The highest BCUT2D eigenvalue weighted by atomic mass is 16.2. The molecule has 0 bridgehead atoms. The summed E-state index contributed by atoms with van der Waals surface area (Å²) in [5.74, 6) is -0.610. The summed E-state index contributed by atoms with van der Waals surface area (Å²) in [5.41, 5.74) is 4.21. The number of anilines is 1. The molecule has 0 aliphatic heterocycles. The van der Waals surface area contributed by atoms with Crippen molar-refractivity contribution in [3.63, 3.8) is 0 Å². The van der Waals surface area contributed by atoms with E-state index in [-0.39, 0.29) is 17.5 Å². The third-order valence-electron chi connectivity index (χ3n) is 4.38. The third kappa shape index (κ3) is 4.05. The number of aryl methyl sites for hydroxylation is 4. The Balaban J connectivity index is 1.74. The molecule has 0 aliphatic rings. The molecule has 0 fully saturated rings. The predicted octanol–water partition coefficient (Wildman–Crippen LogP) is 1.95. The molecule has 0 unspecified atom stereocenters. The maximum atomic E-state index is 12.6. The van der Waals surface area contributed by atoms with Crippen molar-refractivity contribution < 1.29 is 9.59 Å². The molecule has 2 amide bonds. The quantitative estimate of drug-likeness (QED) is 0.722. The number of carbonyl (C=O) groups is 2. The van der Waals surface area contributed by atoms with Crippen LogP contribution in [0, 0.1) is 13.8 Å². The number of amides is 2. The SMILES string of the molecule is Cc1ccc(C(=O)Nc2cnn(C)c2C(=O)NCc2cnn(C)c2)cc1C. The number of carbonyl (C=O) groups excluding carboxylic acids is 2. The second-order valence-corrected chi connectivity index (χ2v) is 6.49. The summed E-state index contributed by atoms with van der Waals surface area (Å²) in [6.07, 6.45) is 4.98. The van der Waals surface area contributed by atoms with E-state index in [4.69, 9.17) is 0 Å². The lowest BCUT2D eigenvalue weighted by Crippen LogP contribution is -2.26. The third-order valence-corrected chi connectivity index (χ3v) is 4.38. The lowest BCUT2D eigenvalue weighted by molar-refractivity contribution is 0.0942. The zero-order chi connectivity index (χ0) is 19.6. The van der Waals surface area contributed by atoms with E-state index in [1.165, 1.54) is 10.9 Å². The zero-order valence-corrected chi connectivity index (χ0v) is 15.8. The van der Waals surface area contributed by atoms with Crippen LogP contribution in [0.1, 0.15) is 37.5 Å². The van der Waals surface area contributed by atoms with Crippen LogP contribution in [0.2, 0.25) is 0 Å². The minimum Gasteiger partial charge on any atom is -0.346 e. The minimum atomic E-state index is -0.325. The smallest absolute Gasteiger partial charge is 0.271 e. The summed E-state index contributed by atoms with van der Waals surface area (Å²) in [6.45, 7) is 4.28. The van der Waals surface area contributed by atoms with Crippen LogP contribution in [0.4, 0.5) is 5.69 Å². The van der Waals surface area contributed by atoms with Gasteiger partial charge in [0, 0.05) is 38.0 Å². The average Bonchev–Trinajstić information content (AvgIpc) is 3.21. The van der Waals surface area contributed by atoms with E-state index in [9.17, 15) is 9.59 Å². The van der Waals surface area contributed by atoms with E-state index in [1.54, 1.807) is 24.0 Å². The summed E-state index contributed by atoms with van der Waals surface area (Å²) in [7, 11) is 3.47. The van der Waals surface area contributed by atoms with Crippen LogP contribution in [0.3, 0.4) is 0 Å². The first-order valence-electron chi connectivity index (χ1n) is 8.51. The van der Waals surface area contributed by atoms with Crippen molar-refractivity contribution in [1.29, 1.82) is 0 Å². The molecule has 0 radical (unpaired) electrons. The highest BCUT2D eigenvalue weighted by Crippen LogP contribution is 2.17. The second kappa shape index (κ2) is 7.45. The number of hydrogen-bond acceptors (Lipinski definition) is 4. The molecule has 0 spiro atoms. The van der Waals surface area contributed by atoms with Crippen LogP contribution in [-0.4, -0.2) is 31.4 Å². The monoisotopic (exact) mass is 366 g/mol. The van der Waals surface area contributed by atoms with Gasteiger partial charge in [-0.3, -0.25) is 19.0 Å². The first kappa shape index (κ1) is 18.4. The summed E-state index contributed by atoms with van der Waals surface area (Å²) in [5, 5.41) is 13.8. The molecule has 1 aromatic carbocycles. The van der Waals surface area contributed by atoms with E-state index < -0.39 is 0 Å². The molecule has 2 N–H and O–H groups in total. The minimum absolute atomic E-state index is 0.285. The van der Waals surface area contributed by atoms with Gasteiger partial charge < -0.3 is 10.6 Å². The molecule has 0 saturated carbocycles. The molecule has 8 heteroatoms. The first-order valence-corrected chi connectivity index (χ1v) is 8.51. The van der Waals surface area contributed by atoms with Gasteiger partial charge in [-0.25, -0.2) is 0 Å². The molecule has 0 atom stereocenters. The van der Waals surface area contributed by atoms with Gasteiger partial charge in [-0.05, 0) is 37.1 Å². The molecule has 140 valence electrons. The molecule has 3 aromatic rings. The van der Waals surface area contributed by atoms with Crippen molar-refractivity contribution in [2.75, 3.05) is 5.32 Å². The Morgan fingerprint density at radius 3 is 2.48 bits per heavy atom. The highest BCUT2D eigenvalue weighted by molar-refractivity contribution is 6.08. The van der Waals surface area contributed by atoms with Gasteiger partial charge in [-0.2, -0.15) is 10.2 Å². The molecule has 2 aromatic heterocycles. The predicted molar refractivity (Wildman–Crippen MR) is 101 cm³/mol. The Labute approximate surface area is 157 Å². The van der Waals surface area contributed by atoms with Crippen molar-refractivity contribution in [2.24, 2.45) is 14.1 Å². The number of nitrogens with zero attached hydrogens (tertiary/aromatic N) is 4. The molecule has 2 heterocycles. The van der Waals surface area contributed by atoms with Crippen LogP contribution < -0.4 is 10.6 Å². The Kier molecular flexibility index (Phi) is 5.07. The lowest BCUT2D eigenvalue weighted by Gasteiger charge is -2.09. The molecule has 0 aliphatic carbocycles. The van der Waals surface area contributed by atoms with E-state index in [2.05, 4.69) is 20.8 Å². The zero-order valence-electron chi connectivity index (χ0n) is 15.8. The van der Waals surface area contributed by atoms with E-state index >= 15 is 0 Å². The molecular formula is C19H22N6O2. The van der Waals surface area contributed by atoms with Gasteiger partial charge in [0.1, 0.15) is 5.69 Å². The van der Waals surface area contributed by atoms with E-state index in [0.29, 0.717) is 17.8 Å². The van der Waals surface area contributed by atoms with Crippen molar-refractivity contribution in [1.82, 2.24) is 24.9 Å². The van der Waals surface area contributed by atoms with Crippen LogP contribution in [0.15, 0.2) is 36.8 Å². The number of hydrogen-bond donors (Lipinski definition) is 2. The van der Waals surface area contributed by atoms with Crippen LogP contribution in [-0.2, 0) is 20.6 Å². The van der Waals surface area contributed by atoms with Crippen LogP contribution in [0.25, 0.3) is 0 Å². The second-order valence-electron chi connectivity index (χ2n) is 6.49. The number of benzene rings is 1. The molecule has 0 saturated heterocycles. The maximum Gasteiger partial charge on any atom is 0.271 e. The largest absolute Gasteiger partial charge is 0.346 e. The Morgan fingerprint density at radius 1 is 1.04 bits per heavy atom. The summed E-state index contributed by atoms with van der Waals surface area (Å²) >= 11 is 0. The Bertz CT molecular complexity index is 1000. The summed E-state index contributed by atoms with van der Waals surface area (Å²) in [6, 6.07) is 5.48.